The van der Waals surface area contributed by atoms with Gasteiger partial charge in [-0.25, -0.2) is 4.39 Å². The largest absolute Gasteiger partial charge is 0.591 e. The topological polar surface area (TPSA) is 35.4 Å². The van der Waals surface area contributed by atoms with Crippen LogP contribution >= 0.6 is 0 Å². The molecular formula is C13H17F4NOS. The second-order valence-corrected chi connectivity index (χ2v) is 7.53. The SMILES string of the molecule is CC1C(C(F)(F)F)=C(F)C=CC1C=N[S+]([O-])C(C)(C)C. The minimum absolute atomic E-state index is 0.591. The summed E-state index contributed by atoms with van der Waals surface area (Å²) in [6.45, 7) is 6.41. The molecule has 0 radical (unpaired) electrons. The van der Waals surface area contributed by atoms with Crippen LogP contribution in [0, 0.1) is 11.8 Å². The first-order chi connectivity index (χ1) is 8.94. The maximum Gasteiger partial charge on any atom is 0.415 e. The minimum atomic E-state index is -4.72. The molecule has 0 spiro atoms. The number of alkyl halides is 3. The summed E-state index contributed by atoms with van der Waals surface area (Å²) in [5.41, 5.74) is -1.20. The van der Waals surface area contributed by atoms with E-state index >= 15 is 0 Å². The number of allylic oxidation sites excluding steroid dienone is 4. The summed E-state index contributed by atoms with van der Waals surface area (Å²) >= 11 is -1.55. The van der Waals surface area contributed by atoms with Gasteiger partial charge in [0.15, 0.2) is 0 Å². The summed E-state index contributed by atoms with van der Waals surface area (Å²) in [5.74, 6) is -3.09. The summed E-state index contributed by atoms with van der Waals surface area (Å²) in [5, 5.41) is 0. The van der Waals surface area contributed by atoms with Crippen molar-refractivity contribution in [1.29, 1.82) is 0 Å². The second kappa shape index (κ2) is 5.89. The first-order valence-electron chi connectivity index (χ1n) is 6.06. The molecule has 0 amide bonds. The van der Waals surface area contributed by atoms with Gasteiger partial charge in [-0.1, -0.05) is 17.4 Å². The molecule has 0 aromatic rings. The average Bonchev–Trinajstić information content (AvgIpc) is 2.24. The van der Waals surface area contributed by atoms with E-state index in [0.29, 0.717) is 0 Å². The van der Waals surface area contributed by atoms with E-state index < -0.39 is 45.5 Å². The fraction of sp³-hybridized carbons (Fsp3) is 0.615. The van der Waals surface area contributed by atoms with Crippen LogP contribution in [0.1, 0.15) is 27.7 Å². The van der Waals surface area contributed by atoms with E-state index in [1.54, 1.807) is 20.8 Å². The van der Waals surface area contributed by atoms with Gasteiger partial charge >= 0.3 is 6.18 Å². The van der Waals surface area contributed by atoms with Gasteiger partial charge in [-0.05, 0) is 26.8 Å². The smallest absolute Gasteiger partial charge is 0.415 e. The van der Waals surface area contributed by atoms with Crippen LogP contribution < -0.4 is 0 Å². The van der Waals surface area contributed by atoms with Gasteiger partial charge in [0.25, 0.3) is 0 Å². The molecule has 0 aliphatic heterocycles. The van der Waals surface area contributed by atoms with Crippen LogP contribution in [0.2, 0.25) is 0 Å². The van der Waals surface area contributed by atoms with Crippen LogP contribution in [-0.2, 0) is 11.4 Å². The van der Waals surface area contributed by atoms with Crippen molar-refractivity contribution in [1.82, 2.24) is 0 Å². The van der Waals surface area contributed by atoms with E-state index in [4.69, 9.17) is 0 Å². The van der Waals surface area contributed by atoms with Gasteiger partial charge in [-0.3, -0.25) is 0 Å². The van der Waals surface area contributed by atoms with Crippen LogP contribution in [0.15, 0.2) is 27.9 Å². The molecular weight excluding hydrogens is 294 g/mol. The molecule has 3 unspecified atom stereocenters. The molecule has 0 aromatic carbocycles. The third kappa shape index (κ3) is 4.09. The zero-order chi connectivity index (χ0) is 15.7. The third-order valence-corrected chi connectivity index (χ3v) is 4.27. The van der Waals surface area contributed by atoms with Crippen molar-refractivity contribution < 1.29 is 22.1 Å². The molecule has 0 heterocycles. The quantitative estimate of drug-likeness (QED) is 0.429. The molecule has 3 atom stereocenters. The standard InChI is InChI=1S/C13H17F4NOS/c1-8-9(7-18-20(19)12(2,3)4)5-6-10(14)11(8)13(15,16)17/h5-9H,1-4H3. The Labute approximate surface area is 119 Å². The van der Waals surface area contributed by atoms with Crippen molar-refractivity contribution >= 4 is 17.6 Å². The van der Waals surface area contributed by atoms with Crippen molar-refractivity contribution in [3.63, 3.8) is 0 Å². The molecule has 1 aliphatic rings. The highest BCUT2D eigenvalue weighted by atomic mass is 32.2. The molecule has 7 heteroatoms. The van der Waals surface area contributed by atoms with E-state index in [1.165, 1.54) is 19.2 Å². The van der Waals surface area contributed by atoms with Gasteiger partial charge in [-0.2, -0.15) is 13.2 Å². The fourth-order valence-electron chi connectivity index (χ4n) is 1.72. The van der Waals surface area contributed by atoms with Crippen molar-refractivity contribution in [3.05, 3.63) is 23.6 Å². The van der Waals surface area contributed by atoms with Gasteiger partial charge in [0, 0.05) is 11.8 Å². The number of rotatable bonds is 2. The number of nitrogens with zero attached hydrogens (tertiary/aromatic N) is 1. The molecule has 0 N–H and O–H groups in total. The molecule has 114 valence electrons. The Bertz CT molecular complexity index is 448. The van der Waals surface area contributed by atoms with Crippen molar-refractivity contribution in [3.8, 4) is 0 Å². The highest BCUT2D eigenvalue weighted by molar-refractivity contribution is 7.91. The zero-order valence-electron chi connectivity index (χ0n) is 11.7. The highest BCUT2D eigenvalue weighted by Crippen LogP contribution is 2.40. The molecule has 0 fully saturated rings. The number of hydrogen-bond donors (Lipinski definition) is 0. The lowest BCUT2D eigenvalue weighted by molar-refractivity contribution is -0.101. The van der Waals surface area contributed by atoms with Gasteiger partial charge in [0.2, 0.25) is 0 Å². The Morgan fingerprint density at radius 3 is 2.30 bits per heavy atom. The highest BCUT2D eigenvalue weighted by Gasteiger charge is 2.43. The first kappa shape index (κ1) is 17.2. The average molecular weight is 311 g/mol. The van der Waals surface area contributed by atoms with E-state index in [1.807, 2.05) is 0 Å². The lowest BCUT2D eigenvalue weighted by Crippen LogP contribution is -2.29. The Balaban J connectivity index is 2.93. The van der Waals surface area contributed by atoms with Crippen molar-refractivity contribution in [2.75, 3.05) is 0 Å². The van der Waals surface area contributed by atoms with Gasteiger partial charge in [0.1, 0.15) is 21.9 Å². The molecule has 0 aromatic heterocycles. The molecule has 2 nitrogen and oxygen atoms in total. The van der Waals surface area contributed by atoms with Crippen molar-refractivity contribution in [2.45, 2.75) is 38.6 Å². The lowest BCUT2D eigenvalue weighted by atomic mass is 9.83. The van der Waals surface area contributed by atoms with Gasteiger partial charge in [0.05, 0.1) is 11.8 Å². The molecule has 1 aliphatic carbocycles. The molecule has 20 heavy (non-hydrogen) atoms. The predicted molar refractivity (Wildman–Crippen MR) is 72.4 cm³/mol. The van der Waals surface area contributed by atoms with Crippen LogP contribution in [0.25, 0.3) is 0 Å². The lowest BCUT2D eigenvalue weighted by Gasteiger charge is -2.26. The van der Waals surface area contributed by atoms with Crippen LogP contribution in [-0.4, -0.2) is 21.7 Å². The summed E-state index contributed by atoms with van der Waals surface area (Å²) in [6.07, 6.45) is -1.41. The van der Waals surface area contributed by atoms with Crippen LogP contribution in [0.5, 0.6) is 0 Å². The Morgan fingerprint density at radius 1 is 1.30 bits per heavy atom. The Hall–Kier alpha value is -0.820. The summed E-state index contributed by atoms with van der Waals surface area (Å²) in [4.78, 5) is 0. The predicted octanol–water partition coefficient (Wildman–Crippen LogP) is 4.13. The number of halogens is 4. The van der Waals surface area contributed by atoms with E-state index in [0.717, 1.165) is 6.08 Å². The van der Waals surface area contributed by atoms with Crippen LogP contribution in [0.4, 0.5) is 17.6 Å². The monoisotopic (exact) mass is 311 g/mol. The van der Waals surface area contributed by atoms with Crippen molar-refractivity contribution in [2.24, 2.45) is 16.2 Å². The second-order valence-electron chi connectivity index (χ2n) is 5.60. The number of hydrogen-bond acceptors (Lipinski definition) is 2. The van der Waals surface area contributed by atoms with E-state index in [9.17, 15) is 22.1 Å². The van der Waals surface area contributed by atoms with E-state index in [2.05, 4.69) is 4.40 Å². The van der Waals surface area contributed by atoms with Crippen LogP contribution in [0.3, 0.4) is 0 Å². The molecule has 0 bridgehead atoms. The minimum Gasteiger partial charge on any atom is -0.591 e. The normalized spacial score (nSPS) is 26.4. The third-order valence-electron chi connectivity index (χ3n) is 2.91. The fourth-order valence-corrected chi connectivity index (χ4v) is 2.29. The first-order valence-corrected chi connectivity index (χ1v) is 7.16. The zero-order valence-corrected chi connectivity index (χ0v) is 12.5. The molecule has 0 saturated carbocycles. The maximum absolute atomic E-state index is 13.3. The summed E-state index contributed by atoms with van der Waals surface area (Å²) in [7, 11) is 0. The Kier molecular flexibility index (Phi) is 5.08. The van der Waals surface area contributed by atoms with E-state index in [-0.39, 0.29) is 0 Å². The maximum atomic E-state index is 13.3. The Morgan fingerprint density at radius 2 is 1.85 bits per heavy atom. The van der Waals surface area contributed by atoms with Gasteiger partial charge < -0.3 is 4.55 Å². The molecule has 0 saturated heterocycles. The summed E-state index contributed by atoms with van der Waals surface area (Å²) in [6, 6.07) is 0. The summed E-state index contributed by atoms with van der Waals surface area (Å²) < 4.78 is 66.6. The molecule has 1 rings (SSSR count). The van der Waals surface area contributed by atoms with Gasteiger partial charge in [-0.15, -0.1) is 0 Å².